The van der Waals surface area contributed by atoms with E-state index in [-0.39, 0.29) is 11.7 Å². The predicted molar refractivity (Wildman–Crippen MR) is 55.7 cm³/mol. The second-order valence-corrected chi connectivity index (χ2v) is 3.23. The van der Waals surface area contributed by atoms with Crippen molar-refractivity contribution in [2.45, 2.75) is 6.92 Å². The van der Waals surface area contributed by atoms with Gasteiger partial charge in [0.15, 0.2) is 5.78 Å². The molecule has 1 rings (SSSR count). The standard InChI is InChI=1S/C8H13ClN4O2/c1-5(14)7(8-10-2-3-11-8)13-12-6(15)4-9/h10-11,13H,2-4H2,1H3,(H,12,15). The summed E-state index contributed by atoms with van der Waals surface area (Å²) in [5.41, 5.74) is 5.14. The number of ketones is 1. The van der Waals surface area contributed by atoms with Crippen LogP contribution in [0, 0.1) is 0 Å². The number of hydrazine groups is 1. The minimum Gasteiger partial charge on any atom is -0.368 e. The van der Waals surface area contributed by atoms with Gasteiger partial charge in [0.1, 0.15) is 17.4 Å². The number of nitrogens with one attached hydrogen (secondary N) is 4. The summed E-state index contributed by atoms with van der Waals surface area (Å²) in [5.74, 6) is -0.137. The predicted octanol–water partition coefficient (Wildman–Crippen LogP) is -1.20. The number of alkyl halides is 1. The van der Waals surface area contributed by atoms with Crippen molar-refractivity contribution in [1.82, 2.24) is 21.5 Å². The van der Waals surface area contributed by atoms with Crippen molar-refractivity contribution < 1.29 is 9.59 Å². The Morgan fingerprint density at radius 1 is 1.33 bits per heavy atom. The number of Topliss-reactive ketones (excluding diaryl/α,β-unsaturated/α-hetero) is 1. The van der Waals surface area contributed by atoms with Gasteiger partial charge in [0.05, 0.1) is 0 Å². The molecule has 1 heterocycles. The molecule has 0 aromatic carbocycles. The molecule has 1 aliphatic rings. The Kier molecular flexibility index (Phi) is 4.23. The van der Waals surface area contributed by atoms with Gasteiger partial charge in [0.25, 0.3) is 5.91 Å². The van der Waals surface area contributed by atoms with Crippen molar-refractivity contribution in [3.05, 3.63) is 11.5 Å². The molecule has 4 N–H and O–H groups in total. The van der Waals surface area contributed by atoms with Crippen molar-refractivity contribution in [3.63, 3.8) is 0 Å². The number of carbonyl (C=O) groups is 2. The van der Waals surface area contributed by atoms with Gasteiger partial charge >= 0.3 is 0 Å². The lowest BCUT2D eigenvalue weighted by Crippen LogP contribution is -2.41. The molecule has 0 saturated carbocycles. The number of allylic oxidation sites excluding steroid dienone is 1. The van der Waals surface area contributed by atoms with E-state index in [1.54, 1.807) is 0 Å². The summed E-state index contributed by atoms with van der Waals surface area (Å²) in [6.45, 7) is 2.90. The first-order valence-electron chi connectivity index (χ1n) is 4.49. The van der Waals surface area contributed by atoms with Gasteiger partial charge in [-0.15, -0.1) is 11.6 Å². The van der Waals surface area contributed by atoms with Crippen LogP contribution < -0.4 is 21.5 Å². The Bertz CT molecular complexity index is 295. The van der Waals surface area contributed by atoms with Crippen LogP contribution in [0.15, 0.2) is 11.5 Å². The van der Waals surface area contributed by atoms with E-state index < -0.39 is 5.91 Å². The zero-order valence-electron chi connectivity index (χ0n) is 8.32. The molecule has 0 unspecified atom stereocenters. The average Bonchev–Trinajstić information content (AvgIpc) is 2.70. The Morgan fingerprint density at radius 2 is 1.93 bits per heavy atom. The van der Waals surface area contributed by atoms with Gasteiger partial charge in [-0.3, -0.25) is 20.4 Å². The maximum absolute atomic E-state index is 11.2. The van der Waals surface area contributed by atoms with Crippen LogP contribution in [-0.4, -0.2) is 30.7 Å². The van der Waals surface area contributed by atoms with Crippen molar-refractivity contribution in [3.8, 4) is 0 Å². The molecule has 15 heavy (non-hydrogen) atoms. The lowest BCUT2D eigenvalue weighted by Gasteiger charge is -2.12. The Hall–Kier alpha value is -1.43. The minimum absolute atomic E-state index is 0.158. The Labute approximate surface area is 92.4 Å². The molecule has 0 aromatic rings. The maximum atomic E-state index is 11.2. The summed E-state index contributed by atoms with van der Waals surface area (Å²) in [5, 5.41) is 5.96. The number of amides is 1. The molecule has 84 valence electrons. The average molecular weight is 233 g/mol. The number of carbonyl (C=O) groups excluding carboxylic acids is 2. The molecule has 0 aromatic heterocycles. The third kappa shape index (κ3) is 3.32. The first-order valence-corrected chi connectivity index (χ1v) is 5.02. The van der Waals surface area contributed by atoms with Crippen LogP contribution in [-0.2, 0) is 9.59 Å². The Morgan fingerprint density at radius 3 is 2.40 bits per heavy atom. The second kappa shape index (κ2) is 5.45. The van der Waals surface area contributed by atoms with E-state index in [4.69, 9.17) is 11.6 Å². The monoisotopic (exact) mass is 232 g/mol. The van der Waals surface area contributed by atoms with Gasteiger partial charge in [-0.1, -0.05) is 0 Å². The van der Waals surface area contributed by atoms with E-state index in [1.165, 1.54) is 6.92 Å². The van der Waals surface area contributed by atoms with Crippen LogP contribution in [0.4, 0.5) is 0 Å². The van der Waals surface area contributed by atoms with E-state index >= 15 is 0 Å². The van der Waals surface area contributed by atoms with Crippen molar-refractivity contribution in [2.75, 3.05) is 19.0 Å². The van der Waals surface area contributed by atoms with E-state index in [2.05, 4.69) is 21.5 Å². The molecule has 0 radical (unpaired) electrons. The largest absolute Gasteiger partial charge is 0.368 e. The lowest BCUT2D eigenvalue weighted by atomic mass is 10.3. The maximum Gasteiger partial charge on any atom is 0.253 e. The fourth-order valence-electron chi connectivity index (χ4n) is 1.11. The number of hydrogen-bond acceptors (Lipinski definition) is 5. The molecule has 0 atom stereocenters. The van der Waals surface area contributed by atoms with Gasteiger partial charge in [-0.2, -0.15) is 0 Å². The highest BCUT2D eigenvalue weighted by Crippen LogP contribution is 1.98. The third-order valence-corrected chi connectivity index (χ3v) is 2.02. The first kappa shape index (κ1) is 11.6. The van der Waals surface area contributed by atoms with E-state index in [9.17, 15) is 9.59 Å². The number of hydrogen-bond donors (Lipinski definition) is 4. The fourth-order valence-corrected chi connectivity index (χ4v) is 1.17. The molecule has 1 amide bonds. The molecular weight excluding hydrogens is 220 g/mol. The summed E-state index contributed by atoms with van der Waals surface area (Å²) in [4.78, 5) is 22.1. The highest BCUT2D eigenvalue weighted by atomic mass is 35.5. The zero-order valence-corrected chi connectivity index (χ0v) is 9.07. The molecular formula is C8H13ClN4O2. The first-order chi connectivity index (χ1) is 7.15. The van der Waals surface area contributed by atoms with Crippen LogP contribution in [0.5, 0.6) is 0 Å². The number of halogens is 1. The molecule has 1 saturated heterocycles. The van der Waals surface area contributed by atoms with Gasteiger partial charge in [-0.25, -0.2) is 0 Å². The molecule has 0 bridgehead atoms. The lowest BCUT2D eigenvalue weighted by molar-refractivity contribution is -0.119. The summed E-state index contributed by atoms with van der Waals surface area (Å²) in [6, 6.07) is 0. The topological polar surface area (TPSA) is 82.3 Å². The van der Waals surface area contributed by atoms with Crippen molar-refractivity contribution in [2.24, 2.45) is 0 Å². The summed E-state index contributed by atoms with van der Waals surface area (Å²) >= 11 is 5.29. The normalized spacial score (nSPS) is 13.9. The van der Waals surface area contributed by atoms with Crippen molar-refractivity contribution in [1.29, 1.82) is 0 Å². The smallest absolute Gasteiger partial charge is 0.253 e. The van der Waals surface area contributed by atoms with Crippen LogP contribution in [0.1, 0.15) is 6.92 Å². The fraction of sp³-hybridized carbons (Fsp3) is 0.500. The quantitative estimate of drug-likeness (QED) is 0.278. The number of rotatable bonds is 4. The molecule has 1 fully saturated rings. The molecule has 6 nitrogen and oxygen atoms in total. The van der Waals surface area contributed by atoms with E-state index in [0.717, 1.165) is 13.1 Å². The van der Waals surface area contributed by atoms with Gasteiger partial charge in [-0.05, 0) is 0 Å². The van der Waals surface area contributed by atoms with E-state index in [0.29, 0.717) is 11.5 Å². The van der Waals surface area contributed by atoms with Gasteiger partial charge in [0.2, 0.25) is 0 Å². The molecule has 1 aliphatic heterocycles. The van der Waals surface area contributed by atoms with Crippen LogP contribution in [0.2, 0.25) is 0 Å². The summed E-state index contributed by atoms with van der Waals surface area (Å²) in [6.07, 6.45) is 0. The second-order valence-electron chi connectivity index (χ2n) is 2.97. The van der Waals surface area contributed by atoms with Crippen LogP contribution in [0.25, 0.3) is 0 Å². The zero-order chi connectivity index (χ0) is 11.3. The minimum atomic E-state index is -0.394. The van der Waals surface area contributed by atoms with Gasteiger partial charge in [0, 0.05) is 20.0 Å². The van der Waals surface area contributed by atoms with Gasteiger partial charge < -0.3 is 10.6 Å². The summed E-state index contributed by atoms with van der Waals surface area (Å²) in [7, 11) is 0. The SMILES string of the molecule is CC(=O)C(NNC(=O)CCl)=C1NCCN1. The molecule has 0 spiro atoms. The third-order valence-electron chi connectivity index (χ3n) is 1.78. The Balaban J connectivity index is 2.63. The highest BCUT2D eigenvalue weighted by Gasteiger charge is 2.15. The molecule has 0 aliphatic carbocycles. The van der Waals surface area contributed by atoms with Crippen molar-refractivity contribution >= 4 is 23.3 Å². The summed E-state index contributed by atoms with van der Waals surface area (Å²) < 4.78 is 0. The molecule has 7 heteroatoms. The van der Waals surface area contributed by atoms with E-state index in [1.807, 2.05) is 0 Å². The highest BCUT2D eigenvalue weighted by molar-refractivity contribution is 6.27. The van der Waals surface area contributed by atoms with Crippen LogP contribution in [0.3, 0.4) is 0 Å². The van der Waals surface area contributed by atoms with Crippen LogP contribution >= 0.6 is 11.6 Å².